The number of hydrogen-bond acceptors (Lipinski definition) is 5. The van der Waals surface area contributed by atoms with Crippen LogP contribution in [0.4, 0.5) is 0 Å². The van der Waals surface area contributed by atoms with E-state index in [1.807, 2.05) is 0 Å². The first-order valence-electron chi connectivity index (χ1n) is 1.86. The molecule has 0 aliphatic rings. The van der Waals surface area contributed by atoms with Gasteiger partial charge in [0.15, 0.2) is 0 Å². The molecule has 1 radical (unpaired) electrons. The Balaban J connectivity index is 0. The van der Waals surface area contributed by atoms with E-state index in [4.69, 9.17) is 19.6 Å². The summed E-state index contributed by atoms with van der Waals surface area (Å²) in [5, 5.41) is 3.04. The Hall–Kier alpha value is 0.920. The van der Waals surface area contributed by atoms with Gasteiger partial charge in [0.2, 0.25) is 0 Å². The molecule has 0 rings (SSSR count). The van der Waals surface area contributed by atoms with Crippen LogP contribution in [-0.4, -0.2) is 19.6 Å². The van der Waals surface area contributed by atoms with Crippen molar-refractivity contribution in [3.05, 3.63) is 0 Å². The Morgan fingerprint density at radius 1 is 0.833 bits per heavy atom. The molecule has 0 fully saturated rings. The van der Waals surface area contributed by atoms with Crippen molar-refractivity contribution < 1.29 is 65.5 Å². The van der Waals surface area contributed by atoms with E-state index in [1.54, 1.807) is 0 Å². The third kappa shape index (κ3) is 13.5. The average molecular weight is 303 g/mol. The minimum absolute atomic E-state index is 0. The molecule has 0 unspecified atom stereocenters. The third-order valence-electron chi connectivity index (χ3n) is 0.255. The van der Waals surface area contributed by atoms with Crippen molar-refractivity contribution in [2.24, 2.45) is 0 Å². The maximum Gasteiger partial charge on any atom is 0.499 e. The first-order chi connectivity index (χ1) is 4.71. The molecule has 12 heteroatoms. The van der Waals surface area contributed by atoms with E-state index in [-0.39, 0.29) is 22.4 Å². The maximum atomic E-state index is 9.73. The van der Waals surface area contributed by atoms with Crippen LogP contribution < -0.4 is 0 Å². The molecule has 0 amide bonds. The van der Waals surface area contributed by atoms with E-state index in [0.717, 1.165) is 0 Å². The largest absolute Gasteiger partial charge is 0.499 e. The van der Waals surface area contributed by atoms with Crippen molar-refractivity contribution in [1.29, 1.82) is 0 Å². The van der Waals surface area contributed by atoms with E-state index < -0.39 is 15.6 Å². The minimum atomic E-state index is -4.94. The fourth-order valence-electron chi connectivity index (χ4n) is 0.0929. The molecule has 0 aromatic heterocycles. The SMILES string of the molecule is O=P(O)(O)OOOP(=O)(O)O.[Nb]. The average Bonchev–Trinajstić information content (AvgIpc) is 1.55. The summed E-state index contributed by atoms with van der Waals surface area (Å²) in [7, 11) is -9.88. The van der Waals surface area contributed by atoms with E-state index in [0.29, 0.717) is 0 Å². The Kier molecular flexibility index (Phi) is 7.20. The second-order valence-corrected chi connectivity index (χ2v) is 3.46. The fourth-order valence-corrected chi connectivity index (χ4v) is 0.360. The molecule has 0 saturated heterocycles. The van der Waals surface area contributed by atoms with Crippen molar-refractivity contribution in [2.75, 3.05) is 0 Å². The second kappa shape index (κ2) is 5.61. The Morgan fingerprint density at radius 3 is 1.25 bits per heavy atom. The molecule has 4 N–H and O–H groups in total. The van der Waals surface area contributed by atoms with Crippen LogP contribution in [0.5, 0.6) is 0 Å². The summed E-state index contributed by atoms with van der Waals surface area (Å²) in [6.07, 6.45) is 0. The summed E-state index contributed by atoms with van der Waals surface area (Å²) in [5.41, 5.74) is 0. The van der Waals surface area contributed by atoms with Crippen molar-refractivity contribution in [2.45, 2.75) is 0 Å². The molecule has 0 aliphatic heterocycles. The topological polar surface area (TPSA) is 143 Å². The quantitative estimate of drug-likeness (QED) is 0.223. The molecule has 12 heavy (non-hydrogen) atoms. The molecule has 73 valence electrons. The molecule has 9 nitrogen and oxygen atoms in total. The van der Waals surface area contributed by atoms with Gasteiger partial charge in [-0.15, -0.1) is 0 Å². The van der Waals surface area contributed by atoms with Crippen molar-refractivity contribution >= 4 is 15.6 Å². The molecular weight excluding hydrogens is 299 g/mol. The molecule has 0 aromatic rings. The van der Waals surface area contributed by atoms with Gasteiger partial charge in [0.05, 0.1) is 0 Å². The zero-order valence-corrected chi connectivity index (χ0v) is 9.16. The molecule has 0 heterocycles. The van der Waals surface area contributed by atoms with Crippen LogP contribution in [-0.2, 0) is 45.9 Å². The van der Waals surface area contributed by atoms with E-state index in [1.165, 1.54) is 0 Å². The van der Waals surface area contributed by atoms with Crippen molar-refractivity contribution in [3.63, 3.8) is 0 Å². The van der Waals surface area contributed by atoms with E-state index in [2.05, 4.69) is 14.4 Å². The number of rotatable bonds is 4. The Bertz CT molecular complexity index is 175. The summed E-state index contributed by atoms with van der Waals surface area (Å²) >= 11 is 0. The fraction of sp³-hybridized carbons (Fsp3) is 0. The molecule has 0 saturated carbocycles. The summed E-state index contributed by atoms with van der Waals surface area (Å²) < 4.78 is 25.6. The maximum absolute atomic E-state index is 9.73. The van der Waals surface area contributed by atoms with E-state index in [9.17, 15) is 9.13 Å². The van der Waals surface area contributed by atoms with Crippen LogP contribution in [0.15, 0.2) is 0 Å². The van der Waals surface area contributed by atoms with Gasteiger partial charge in [0.1, 0.15) is 0 Å². The first kappa shape index (κ1) is 15.4. The molecule has 0 aromatic carbocycles. The third-order valence-corrected chi connectivity index (χ3v) is 0.765. The van der Waals surface area contributed by atoms with Crippen LogP contribution in [0.3, 0.4) is 0 Å². The van der Waals surface area contributed by atoms with Crippen molar-refractivity contribution in [1.82, 2.24) is 0 Å². The van der Waals surface area contributed by atoms with Gasteiger partial charge in [0.25, 0.3) is 0 Å². The van der Waals surface area contributed by atoms with Gasteiger partial charge in [-0.25, -0.2) is 9.13 Å². The zero-order valence-electron chi connectivity index (χ0n) is 5.17. The number of hydrogen-bond donors (Lipinski definition) is 4. The standard InChI is InChI=1S/Nb.H4O9P2/c;1-10(2,3)8-7-9-11(4,5)6/h;(H2,1,2,3)(H2,4,5,6). The van der Waals surface area contributed by atoms with Gasteiger partial charge >= 0.3 is 15.6 Å². The van der Waals surface area contributed by atoms with Crippen molar-refractivity contribution in [3.8, 4) is 0 Å². The predicted molar refractivity (Wildman–Crippen MR) is 27.3 cm³/mol. The molecule has 0 aliphatic carbocycles. The van der Waals surface area contributed by atoms with Gasteiger partial charge in [-0.3, -0.25) is 0 Å². The van der Waals surface area contributed by atoms with Gasteiger partial charge in [-0.1, -0.05) is 9.35 Å². The molecule has 0 atom stereocenters. The van der Waals surface area contributed by atoms with Crippen LogP contribution >= 0.6 is 15.6 Å². The monoisotopic (exact) mass is 303 g/mol. The normalized spacial score (nSPS) is 12.3. The molecule has 0 bridgehead atoms. The van der Waals surface area contributed by atoms with Crippen LogP contribution in [0.1, 0.15) is 0 Å². The van der Waals surface area contributed by atoms with E-state index >= 15 is 0 Å². The summed E-state index contributed by atoms with van der Waals surface area (Å²) in [4.78, 5) is 31.4. The van der Waals surface area contributed by atoms with Gasteiger partial charge < -0.3 is 19.6 Å². The van der Waals surface area contributed by atoms with Crippen LogP contribution in [0.2, 0.25) is 0 Å². The number of phosphoric acid groups is 2. The summed E-state index contributed by atoms with van der Waals surface area (Å²) in [6.45, 7) is 0. The summed E-state index contributed by atoms with van der Waals surface area (Å²) in [5.74, 6) is 0. The zero-order chi connectivity index (χ0) is 9.12. The predicted octanol–water partition coefficient (Wildman–Crippen LogP) is -0.951. The Labute approximate surface area is 81.5 Å². The van der Waals surface area contributed by atoms with Gasteiger partial charge in [0, 0.05) is 22.4 Å². The van der Waals surface area contributed by atoms with Crippen LogP contribution in [0, 0.1) is 0 Å². The summed E-state index contributed by atoms with van der Waals surface area (Å²) in [6, 6.07) is 0. The first-order valence-corrected chi connectivity index (χ1v) is 4.92. The molecular formula is H4NbO9P2. The Morgan fingerprint density at radius 2 is 1.08 bits per heavy atom. The van der Waals surface area contributed by atoms with Gasteiger partial charge in [-0.05, 0) is 5.04 Å². The minimum Gasteiger partial charge on any atom is -0.301 e. The van der Waals surface area contributed by atoms with Crippen LogP contribution in [0.25, 0.3) is 0 Å². The smallest absolute Gasteiger partial charge is 0.301 e. The second-order valence-electron chi connectivity index (χ2n) is 1.20. The molecule has 0 spiro atoms. The van der Waals surface area contributed by atoms with Gasteiger partial charge in [-0.2, -0.15) is 0 Å².